The summed E-state index contributed by atoms with van der Waals surface area (Å²) in [6.07, 6.45) is 0. The highest BCUT2D eigenvalue weighted by Crippen LogP contribution is 2.16. The lowest BCUT2D eigenvalue weighted by Crippen LogP contribution is -2.36. The van der Waals surface area contributed by atoms with Crippen molar-refractivity contribution < 1.29 is 13.2 Å². The van der Waals surface area contributed by atoms with Gasteiger partial charge >= 0.3 is 0 Å². The number of sulfonamides is 1. The van der Waals surface area contributed by atoms with Gasteiger partial charge in [-0.25, -0.2) is 13.1 Å². The minimum Gasteiger partial charge on any atom is -0.492 e. The number of nitrogens with one attached hydrogen (secondary N) is 2. The molecule has 1 aromatic rings. The van der Waals surface area contributed by atoms with E-state index in [9.17, 15) is 8.42 Å². The van der Waals surface area contributed by atoms with Crippen LogP contribution in [0.25, 0.3) is 0 Å². The maximum absolute atomic E-state index is 12.2. The van der Waals surface area contributed by atoms with E-state index in [1.54, 1.807) is 24.3 Å². The van der Waals surface area contributed by atoms with Gasteiger partial charge in [-0.2, -0.15) is 0 Å². The minimum absolute atomic E-state index is 0.106. The van der Waals surface area contributed by atoms with Crippen LogP contribution in [0.2, 0.25) is 0 Å². The maximum Gasteiger partial charge on any atom is 0.240 e. The Morgan fingerprint density at radius 1 is 1.14 bits per heavy atom. The van der Waals surface area contributed by atoms with Crippen molar-refractivity contribution in [2.75, 3.05) is 19.7 Å². The molecule has 0 aliphatic rings. The molecule has 0 saturated heterocycles. The van der Waals surface area contributed by atoms with Crippen LogP contribution < -0.4 is 14.8 Å². The van der Waals surface area contributed by atoms with Crippen molar-refractivity contribution in [1.82, 2.24) is 10.0 Å². The number of rotatable bonds is 9. The fourth-order valence-corrected chi connectivity index (χ4v) is 2.97. The van der Waals surface area contributed by atoms with Gasteiger partial charge in [-0.15, -0.1) is 0 Å². The zero-order chi connectivity index (χ0) is 15.9. The van der Waals surface area contributed by atoms with Gasteiger partial charge in [0.15, 0.2) is 0 Å². The van der Waals surface area contributed by atoms with Crippen LogP contribution in [0.1, 0.15) is 27.7 Å². The number of likely N-dealkylation sites (N-methyl/N-ethyl adjacent to an activating group) is 1. The Kier molecular flexibility index (Phi) is 7.14. The van der Waals surface area contributed by atoms with Gasteiger partial charge in [-0.05, 0) is 43.7 Å². The summed E-state index contributed by atoms with van der Waals surface area (Å²) in [7, 11) is -3.47. The molecule has 0 saturated carbocycles. The largest absolute Gasteiger partial charge is 0.492 e. The molecule has 6 heteroatoms. The van der Waals surface area contributed by atoms with Crippen LogP contribution in [0, 0.1) is 5.92 Å². The molecule has 0 heterocycles. The lowest BCUT2D eigenvalue weighted by molar-refractivity contribution is 0.315. The quantitative estimate of drug-likeness (QED) is 0.684. The van der Waals surface area contributed by atoms with E-state index in [1.807, 2.05) is 27.7 Å². The van der Waals surface area contributed by atoms with Crippen molar-refractivity contribution in [2.24, 2.45) is 5.92 Å². The average Bonchev–Trinajstić information content (AvgIpc) is 2.43. The second-order valence-electron chi connectivity index (χ2n) is 5.33. The predicted octanol–water partition coefficient (Wildman–Crippen LogP) is 2.00. The van der Waals surface area contributed by atoms with E-state index in [0.717, 1.165) is 13.1 Å². The molecule has 0 fully saturated rings. The van der Waals surface area contributed by atoms with Crippen LogP contribution in [0.5, 0.6) is 5.75 Å². The first-order valence-electron chi connectivity index (χ1n) is 7.32. The summed E-state index contributed by atoms with van der Waals surface area (Å²) in [4.78, 5) is 0.258. The van der Waals surface area contributed by atoms with Crippen molar-refractivity contribution in [3.05, 3.63) is 24.3 Å². The lowest BCUT2D eigenvalue weighted by atomic mass is 10.1. The maximum atomic E-state index is 12.2. The smallest absolute Gasteiger partial charge is 0.240 e. The Balaban J connectivity index is 2.64. The molecular formula is C15H26N2O3S. The molecule has 0 spiro atoms. The predicted molar refractivity (Wildman–Crippen MR) is 85.1 cm³/mol. The molecule has 1 rings (SSSR count). The molecule has 0 aliphatic carbocycles. The molecule has 21 heavy (non-hydrogen) atoms. The molecule has 0 bridgehead atoms. The van der Waals surface area contributed by atoms with Gasteiger partial charge in [-0.1, -0.05) is 20.8 Å². The highest BCUT2D eigenvalue weighted by Gasteiger charge is 2.19. The fraction of sp³-hybridized carbons (Fsp3) is 0.600. The molecule has 1 atom stereocenters. The van der Waals surface area contributed by atoms with Crippen LogP contribution in [-0.4, -0.2) is 34.2 Å². The van der Waals surface area contributed by atoms with Gasteiger partial charge in [0.1, 0.15) is 12.4 Å². The van der Waals surface area contributed by atoms with E-state index in [1.165, 1.54) is 0 Å². The molecule has 120 valence electrons. The van der Waals surface area contributed by atoms with Crippen LogP contribution in [0.3, 0.4) is 0 Å². The van der Waals surface area contributed by atoms with E-state index in [-0.39, 0.29) is 16.9 Å². The van der Waals surface area contributed by atoms with Crippen LogP contribution >= 0.6 is 0 Å². The fourth-order valence-electron chi connectivity index (χ4n) is 1.58. The number of ether oxygens (including phenoxy) is 1. The Hall–Kier alpha value is -1.11. The van der Waals surface area contributed by atoms with E-state index < -0.39 is 10.0 Å². The summed E-state index contributed by atoms with van der Waals surface area (Å²) in [6, 6.07) is 6.39. The molecule has 2 N–H and O–H groups in total. The van der Waals surface area contributed by atoms with E-state index in [0.29, 0.717) is 12.4 Å². The molecule has 0 aromatic heterocycles. The zero-order valence-corrected chi connectivity index (χ0v) is 14.0. The van der Waals surface area contributed by atoms with Gasteiger partial charge in [0.2, 0.25) is 10.0 Å². The first kappa shape index (κ1) is 17.9. The normalized spacial score (nSPS) is 13.4. The van der Waals surface area contributed by atoms with Gasteiger partial charge < -0.3 is 10.1 Å². The van der Waals surface area contributed by atoms with Crippen molar-refractivity contribution in [3.8, 4) is 5.75 Å². The molecule has 5 nitrogen and oxygen atoms in total. The Morgan fingerprint density at radius 3 is 2.29 bits per heavy atom. The standard InChI is InChI=1S/C15H26N2O3S/c1-5-16-10-11-20-14-6-8-15(9-7-14)21(18,19)17-13(4)12(2)3/h6-9,12-13,16-17H,5,10-11H2,1-4H3. The number of benzene rings is 1. The first-order chi connectivity index (χ1) is 9.86. The topological polar surface area (TPSA) is 67.4 Å². The Labute approximate surface area is 128 Å². The SMILES string of the molecule is CCNCCOc1ccc(S(=O)(=O)NC(C)C(C)C)cc1. The summed E-state index contributed by atoms with van der Waals surface area (Å²) in [5.74, 6) is 0.914. The Bertz CT molecular complexity index is 512. The summed E-state index contributed by atoms with van der Waals surface area (Å²) >= 11 is 0. The van der Waals surface area contributed by atoms with Crippen molar-refractivity contribution in [3.63, 3.8) is 0 Å². The van der Waals surface area contributed by atoms with Crippen LogP contribution in [-0.2, 0) is 10.0 Å². The van der Waals surface area contributed by atoms with Crippen molar-refractivity contribution >= 4 is 10.0 Å². The van der Waals surface area contributed by atoms with Crippen LogP contribution in [0.4, 0.5) is 0 Å². The van der Waals surface area contributed by atoms with Gasteiger partial charge in [0, 0.05) is 12.6 Å². The summed E-state index contributed by atoms with van der Waals surface area (Å²) < 4.78 is 32.6. The molecule has 0 radical (unpaired) electrons. The average molecular weight is 314 g/mol. The van der Waals surface area contributed by atoms with Gasteiger partial charge in [0.05, 0.1) is 4.90 Å². The third-order valence-electron chi connectivity index (χ3n) is 3.27. The highest BCUT2D eigenvalue weighted by atomic mass is 32.2. The molecular weight excluding hydrogens is 288 g/mol. The minimum atomic E-state index is -3.47. The number of hydrogen-bond acceptors (Lipinski definition) is 4. The molecule has 0 amide bonds. The third-order valence-corrected chi connectivity index (χ3v) is 4.85. The highest BCUT2D eigenvalue weighted by molar-refractivity contribution is 7.89. The first-order valence-corrected chi connectivity index (χ1v) is 8.81. The Morgan fingerprint density at radius 2 is 1.76 bits per heavy atom. The monoisotopic (exact) mass is 314 g/mol. The second kappa shape index (κ2) is 8.36. The second-order valence-corrected chi connectivity index (χ2v) is 7.04. The van der Waals surface area contributed by atoms with Crippen LogP contribution in [0.15, 0.2) is 29.2 Å². The summed E-state index contributed by atoms with van der Waals surface area (Å²) in [6.45, 7) is 10.1. The molecule has 1 unspecified atom stereocenters. The summed E-state index contributed by atoms with van der Waals surface area (Å²) in [5, 5.41) is 3.16. The van der Waals surface area contributed by atoms with E-state index in [4.69, 9.17) is 4.74 Å². The van der Waals surface area contributed by atoms with Gasteiger partial charge in [-0.3, -0.25) is 0 Å². The lowest BCUT2D eigenvalue weighted by Gasteiger charge is -2.17. The molecule has 0 aliphatic heterocycles. The van der Waals surface area contributed by atoms with Gasteiger partial charge in [0.25, 0.3) is 0 Å². The van der Waals surface area contributed by atoms with E-state index >= 15 is 0 Å². The molecule has 1 aromatic carbocycles. The van der Waals surface area contributed by atoms with E-state index in [2.05, 4.69) is 10.0 Å². The van der Waals surface area contributed by atoms with Crippen molar-refractivity contribution in [2.45, 2.75) is 38.6 Å². The zero-order valence-electron chi connectivity index (χ0n) is 13.2. The number of hydrogen-bond donors (Lipinski definition) is 2. The third kappa shape index (κ3) is 6.03. The van der Waals surface area contributed by atoms with Crippen molar-refractivity contribution in [1.29, 1.82) is 0 Å². The summed E-state index contributed by atoms with van der Waals surface area (Å²) in [5.41, 5.74) is 0.